The van der Waals surface area contributed by atoms with Gasteiger partial charge in [-0.25, -0.2) is 19.2 Å². The van der Waals surface area contributed by atoms with Crippen molar-refractivity contribution in [2.75, 3.05) is 0 Å². The molecule has 6 aromatic carbocycles. The van der Waals surface area contributed by atoms with Crippen LogP contribution in [0.15, 0.2) is 84.9 Å². The van der Waals surface area contributed by atoms with Crippen LogP contribution in [0, 0.1) is 37.5 Å². The van der Waals surface area contributed by atoms with Gasteiger partial charge in [-0.1, -0.05) is 234 Å². The van der Waals surface area contributed by atoms with Crippen LogP contribution in [0.2, 0.25) is 0 Å². The maximum atomic E-state index is 13.6. The quantitative estimate of drug-likeness (QED) is 0.0125. The molecule has 0 aliphatic heterocycles. The molecule has 6 rings (SSSR count). The predicted molar refractivity (Wildman–Crippen MR) is 409 cm³/mol. The summed E-state index contributed by atoms with van der Waals surface area (Å²) in [4.78, 5) is 54.1. The maximum Gasteiger partial charge on any atom is 0.423 e. The average molecular weight is 1370 g/mol. The molecule has 100 heavy (non-hydrogen) atoms. The van der Waals surface area contributed by atoms with Crippen LogP contribution >= 0.6 is 0 Å². The summed E-state index contributed by atoms with van der Waals surface area (Å²) < 4.78 is 23.2. The molecule has 0 spiro atoms. The Morgan fingerprint density at radius 2 is 0.620 bits per heavy atom. The van der Waals surface area contributed by atoms with E-state index in [0.717, 1.165) is 184 Å². The Labute approximate surface area is 601 Å². The topological polar surface area (TPSA) is 186 Å². The number of aromatic hydroxyl groups is 4. The number of unbranched alkanes of at least 4 members (excludes halogenated alkanes) is 8. The van der Waals surface area contributed by atoms with E-state index in [-0.39, 0.29) is 57.8 Å². The van der Waals surface area contributed by atoms with Crippen molar-refractivity contribution in [2.24, 2.45) is 23.7 Å². The number of carbonyl (C=O) groups excluding carboxylic acids is 4. The van der Waals surface area contributed by atoms with E-state index in [1.165, 1.54) is 12.8 Å². The molecule has 12 nitrogen and oxygen atoms in total. The molecule has 0 saturated carbocycles. The van der Waals surface area contributed by atoms with Crippen LogP contribution in [0.5, 0.6) is 46.0 Å². The summed E-state index contributed by atoms with van der Waals surface area (Å²) in [5.74, 6) is -1.45. The zero-order valence-corrected chi connectivity index (χ0v) is 64.0. The van der Waals surface area contributed by atoms with Crippen LogP contribution in [0.1, 0.15) is 293 Å². The van der Waals surface area contributed by atoms with Gasteiger partial charge in [0, 0.05) is 11.1 Å². The van der Waals surface area contributed by atoms with Gasteiger partial charge in [0.2, 0.25) is 0 Å². The molecule has 0 radical (unpaired) electrons. The van der Waals surface area contributed by atoms with Crippen molar-refractivity contribution in [3.05, 3.63) is 141 Å². The standard InChI is InChI=1S/2C44H62O6/c2*1-9-11-13-18-33-25-38(45)36(23-20-31(7)17-15-16-29(3)4)40(27-33)49-43(47)44(48)50-41-28-34(19-14-12-10-2)26-39(46)42(41)37-24-32(8)21-22-35(37)30(5)6/h2*21-22,24-31,45-46H,9-20,23H2,1-8H3/t2*31-/m10/s1. The number of benzene rings is 6. The first-order valence-electron chi connectivity index (χ1n) is 38.2. The first kappa shape index (κ1) is 83.1. The molecule has 0 aliphatic carbocycles. The summed E-state index contributed by atoms with van der Waals surface area (Å²) in [5.41, 5.74) is 10.6. The second-order valence-corrected chi connectivity index (χ2v) is 30.0. The van der Waals surface area contributed by atoms with Gasteiger partial charge in [-0.15, -0.1) is 0 Å². The van der Waals surface area contributed by atoms with E-state index in [0.29, 0.717) is 71.6 Å². The van der Waals surface area contributed by atoms with Gasteiger partial charge in [0.05, 0.1) is 11.1 Å². The van der Waals surface area contributed by atoms with Gasteiger partial charge in [-0.05, 0) is 219 Å². The molecular weight excluding hydrogens is 1250 g/mol. The second-order valence-electron chi connectivity index (χ2n) is 30.0. The molecular formula is C88H124O12. The third-order valence-corrected chi connectivity index (χ3v) is 19.1. The highest BCUT2D eigenvalue weighted by Crippen LogP contribution is 2.46. The van der Waals surface area contributed by atoms with Crippen molar-refractivity contribution in [3.8, 4) is 68.2 Å². The predicted octanol–water partition coefficient (Wildman–Crippen LogP) is 23.1. The lowest BCUT2D eigenvalue weighted by Gasteiger charge is -2.19. The van der Waals surface area contributed by atoms with Crippen LogP contribution in [0.25, 0.3) is 22.3 Å². The van der Waals surface area contributed by atoms with Crippen LogP contribution in [-0.4, -0.2) is 44.3 Å². The molecule has 0 amide bonds. The summed E-state index contributed by atoms with van der Waals surface area (Å²) in [7, 11) is 0. The van der Waals surface area contributed by atoms with Gasteiger partial charge in [0.25, 0.3) is 0 Å². The van der Waals surface area contributed by atoms with E-state index in [2.05, 4.69) is 96.9 Å². The highest BCUT2D eigenvalue weighted by Gasteiger charge is 2.30. The molecule has 0 fully saturated rings. The number of phenolic OH excluding ortho intramolecular Hbond substituents is 4. The van der Waals surface area contributed by atoms with Gasteiger partial charge in [-0.2, -0.15) is 0 Å². The fourth-order valence-corrected chi connectivity index (χ4v) is 13.1. The SMILES string of the molecule is CCCCCc1cc(O)c(CC[C@@H](C)CCCC(C)C)c(OC(=O)C(=O)Oc2cc(CCCCC)cc(O)c2-c2cc(C)ccc2C(C)C)c1.CCCCCc1cc(O)c(CC[C@H](C)CCCC(C)C)c(OC(=O)C(=O)Oc2cc(CCCCC)cc(O)c2-c2cc(C)ccc2C(C)C)c1. The Bertz CT molecular complexity index is 3340. The van der Waals surface area contributed by atoms with Crippen molar-refractivity contribution in [3.63, 3.8) is 0 Å². The number of hydrogen-bond acceptors (Lipinski definition) is 12. The van der Waals surface area contributed by atoms with Crippen molar-refractivity contribution >= 4 is 23.9 Å². The summed E-state index contributed by atoms with van der Waals surface area (Å²) in [6.07, 6.45) is 24.4. The van der Waals surface area contributed by atoms with Gasteiger partial charge in [0.1, 0.15) is 46.0 Å². The van der Waals surface area contributed by atoms with Gasteiger partial charge < -0.3 is 39.4 Å². The Hall–Kier alpha value is -7.60. The van der Waals surface area contributed by atoms with E-state index in [9.17, 15) is 39.6 Å². The fraction of sp³-hybridized carbons (Fsp3) is 0.545. The van der Waals surface area contributed by atoms with Crippen LogP contribution in [0.3, 0.4) is 0 Å². The van der Waals surface area contributed by atoms with E-state index < -0.39 is 23.9 Å². The van der Waals surface area contributed by atoms with Crippen molar-refractivity contribution in [1.29, 1.82) is 0 Å². The monoisotopic (exact) mass is 1370 g/mol. The van der Waals surface area contributed by atoms with E-state index in [1.807, 2.05) is 50.2 Å². The third kappa shape index (κ3) is 26.7. The number of hydrogen-bond donors (Lipinski definition) is 4. The minimum atomic E-state index is -1.18. The van der Waals surface area contributed by atoms with Crippen LogP contribution in [0.4, 0.5) is 0 Å². The average Bonchev–Trinajstić information content (AvgIpc) is 0.787. The maximum absolute atomic E-state index is 13.6. The molecule has 0 aliphatic rings. The first-order chi connectivity index (χ1) is 47.7. The molecule has 548 valence electrons. The van der Waals surface area contributed by atoms with Crippen molar-refractivity contribution < 1.29 is 58.6 Å². The molecule has 2 atom stereocenters. The molecule has 6 aromatic rings. The summed E-state index contributed by atoms with van der Waals surface area (Å²) in [6.45, 7) is 34.1. The fourth-order valence-electron chi connectivity index (χ4n) is 13.1. The number of esters is 4. The lowest BCUT2D eigenvalue weighted by molar-refractivity contribution is -0.156. The zero-order chi connectivity index (χ0) is 73.6. The largest absolute Gasteiger partial charge is 0.508 e. The normalized spacial score (nSPS) is 12.0. The minimum Gasteiger partial charge on any atom is -0.508 e. The number of rotatable bonds is 38. The lowest BCUT2D eigenvalue weighted by atomic mass is 9.89. The molecule has 12 heteroatoms. The second kappa shape index (κ2) is 42.6. The van der Waals surface area contributed by atoms with Crippen LogP contribution in [-0.2, 0) is 57.7 Å². The van der Waals surface area contributed by atoms with Crippen molar-refractivity contribution in [2.45, 2.75) is 290 Å². The van der Waals surface area contributed by atoms with E-state index in [1.54, 1.807) is 48.5 Å². The molecule has 0 saturated heterocycles. The molecule has 0 heterocycles. The van der Waals surface area contributed by atoms with E-state index >= 15 is 0 Å². The Morgan fingerprint density at radius 1 is 0.330 bits per heavy atom. The highest BCUT2D eigenvalue weighted by atomic mass is 16.6. The summed E-state index contributed by atoms with van der Waals surface area (Å²) in [6, 6.07) is 26.1. The molecule has 0 bridgehead atoms. The smallest absolute Gasteiger partial charge is 0.423 e. The minimum absolute atomic E-state index is 0.00262. The number of ether oxygens (including phenoxy) is 4. The molecule has 0 aromatic heterocycles. The molecule has 4 N–H and O–H groups in total. The third-order valence-electron chi connectivity index (χ3n) is 19.1. The number of carbonyl (C=O) groups is 4. The Balaban J connectivity index is 0.000000361. The summed E-state index contributed by atoms with van der Waals surface area (Å²) in [5, 5.41) is 45.1. The Kier molecular flexibility index (Phi) is 35.4. The first-order valence-corrected chi connectivity index (χ1v) is 38.2. The van der Waals surface area contributed by atoms with Gasteiger partial charge >= 0.3 is 23.9 Å². The van der Waals surface area contributed by atoms with Crippen LogP contribution < -0.4 is 18.9 Å². The zero-order valence-electron chi connectivity index (χ0n) is 64.0. The lowest BCUT2D eigenvalue weighted by Crippen LogP contribution is -2.26. The van der Waals surface area contributed by atoms with Crippen molar-refractivity contribution in [1.82, 2.24) is 0 Å². The molecule has 0 unspecified atom stereocenters. The number of aryl methyl sites for hydroxylation is 6. The van der Waals surface area contributed by atoms with E-state index in [4.69, 9.17) is 18.9 Å². The van der Waals surface area contributed by atoms with Gasteiger partial charge in [0.15, 0.2) is 0 Å². The highest BCUT2D eigenvalue weighted by molar-refractivity contribution is 6.31. The number of phenols is 4. The van der Waals surface area contributed by atoms with Gasteiger partial charge in [-0.3, -0.25) is 0 Å². The Morgan fingerprint density at radius 3 is 0.910 bits per heavy atom. The summed E-state index contributed by atoms with van der Waals surface area (Å²) >= 11 is 0.